The number of rotatable bonds is 20. The van der Waals surface area contributed by atoms with Crippen molar-refractivity contribution in [2.24, 2.45) is 0 Å². The normalized spacial score (nSPS) is 11.6. The summed E-state index contributed by atoms with van der Waals surface area (Å²) in [5.41, 5.74) is 2.54. The number of nitrogens with zero attached hydrogens (tertiary/aromatic N) is 8. The maximum absolute atomic E-state index is 6.36. The van der Waals surface area contributed by atoms with Crippen molar-refractivity contribution in [1.82, 2.24) is 44.7 Å². The van der Waals surface area contributed by atoms with Gasteiger partial charge in [-0.2, -0.15) is 0 Å². The minimum atomic E-state index is -1.09. The van der Waals surface area contributed by atoms with Gasteiger partial charge in [-0.25, -0.2) is 24.3 Å². The molecular formula is C45H64Br3Cl4N9O3S3Si3. The SMILES string of the molecule is CSc1n[nH]c(-c2ccc(Br)cc2Cl)n1.CSc1nc(-c2ccc(Br)cc2Cl)n(COCC[Si](C)(C)C)n1.CSc1nc(-c2ccc(Br)cc2Cl)nn1COCC[Si](C)(C)C.C[Si](C)(C)CCOCCl. The Hall–Kier alpha value is -0.739. The van der Waals surface area contributed by atoms with Crippen molar-refractivity contribution in [3.8, 4) is 34.2 Å². The smallest absolute Gasteiger partial charge is 0.208 e. The summed E-state index contributed by atoms with van der Waals surface area (Å²) in [5.74, 6) is 2.05. The zero-order valence-corrected chi connectivity index (χ0v) is 55.0. The van der Waals surface area contributed by atoms with Crippen LogP contribution < -0.4 is 0 Å². The second-order valence-corrected chi connectivity index (χ2v) is 42.3. The van der Waals surface area contributed by atoms with E-state index in [0.29, 0.717) is 56.6 Å². The molecule has 0 unspecified atom stereocenters. The van der Waals surface area contributed by atoms with Crippen molar-refractivity contribution < 1.29 is 14.2 Å². The van der Waals surface area contributed by atoms with Crippen molar-refractivity contribution in [3.05, 3.63) is 83.1 Å². The third-order valence-corrected chi connectivity index (χ3v) is 18.8. The van der Waals surface area contributed by atoms with Crippen molar-refractivity contribution in [1.29, 1.82) is 0 Å². The highest BCUT2D eigenvalue weighted by Gasteiger charge is 2.18. The Bertz CT molecular complexity index is 2530. The summed E-state index contributed by atoms with van der Waals surface area (Å²) in [5, 5.41) is 20.1. The van der Waals surface area contributed by atoms with Crippen LogP contribution in [0.25, 0.3) is 34.2 Å². The van der Waals surface area contributed by atoms with Gasteiger partial charge in [0.1, 0.15) is 19.5 Å². The first-order valence-corrected chi connectivity index (χ1v) is 40.8. The van der Waals surface area contributed by atoms with Crippen LogP contribution in [0.3, 0.4) is 0 Å². The molecule has 3 aromatic heterocycles. The zero-order valence-electron chi connectivity index (χ0n) is 41.7. The predicted molar refractivity (Wildman–Crippen MR) is 319 cm³/mol. The Kier molecular flexibility index (Phi) is 28.5. The highest BCUT2D eigenvalue weighted by molar-refractivity contribution is 9.11. The highest BCUT2D eigenvalue weighted by Crippen LogP contribution is 2.32. The first kappa shape index (κ1) is 63.6. The number of aromatic amines is 1. The maximum atomic E-state index is 6.36. The molecule has 70 heavy (non-hydrogen) atoms. The lowest BCUT2D eigenvalue weighted by molar-refractivity contribution is 0.0720. The third kappa shape index (κ3) is 23.9. The molecule has 0 aliphatic heterocycles. The van der Waals surface area contributed by atoms with E-state index >= 15 is 0 Å². The molecule has 0 radical (unpaired) electrons. The van der Waals surface area contributed by atoms with Crippen LogP contribution in [-0.2, 0) is 27.7 Å². The van der Waals surface area contributed by atoms with Gasteiger partial charge in [-0.1, -0.05) is 188 Å². The van der Waals surface area contributed by atoms with Gasteiger partial charge in [0.05, 0.1) is 15.1 Å². The molecule has 0 atom stereocenters. The topological polar surface area (TPSA) is 131 Å². The van der Waals surface area contributed by atoms with Crippen LogP contribution in [0.2, 0.25) is 92.1 Å². The number of alkyl halides is 1. The summed E-state index contributed by atoms with van der Waals surface area (Å²) in [6, 6.07) is 20.9. The van der Waals surface area contributed by atoms with Crippen molar-refractivity contribution in [2.45, 2.75) is 106 Å². The molecule has 3 heterocycles. The van der Waals surface area contributed by atoms with Crippen molar-refractivity contribution in [2.75, 3.05) is 44.7 Å². The number of hydrogen-bond donors (Lipinski definition) is 1. The van der Waals surface area contributed by atoms with E-state index in [4.69, 9.17) is 60.6 Å². The number of aromatic nitrogens is 9. The van der Waals surface area contributed by atoms with E-state index in [-0.39, 0.29) is 0 Å². The summed E-state index contributed by atoms with van der Waals surface area (Å²) in [7, 11) is -3.04. The molecule has 0 bridgehead atoms. The minimum absolute atomic E-state index is 0.338. The fourth-order valence-corrected chi connectivity index (χ4v) is 11.2. The molecule has 0 spiro atoms. The number of benzene rings is 3. The van der Waals surface area contributed by atoms with E-state index in [0.717, 1.165) is 73.0 Å². The molecule has 0 saturated heterocycles. The van der Waals surface area contributed by atoms with E-state index in [2.05, 4.69) is 142 Å². The van der Waals surface area contributed by atoms with Crippen LogP contribution in [0.5, 0.6) is 0 Å². The molecule has 0 fully saturated rings. The molecule has 0 aliphatic rings. The summed E-state index contributed by atoms with van der Waals surface area (Å²) >= 11 is 38.8. The molecule has 25 heteroatoms. The first-order chi connectivity index (χ1) is 32.9. The maximum Gasteiger partial charge on any atom is 0.208 e. The molecule has 12 nitrogen and oxygen atoms in total. The lowest BCUT2D eigenvalue weighted by Gasteiger charge is -2.15. The van der Waals surface area contributed by atoms with Gasteiger partial charge in [0.2, 0.25) is 10.3 Å². The van der Waals surface area contributed by atoms with Crippen molar-refractivity contribution >= 4 is 154 Å². The molecule has 0 saturated carbocycles. The van der Waals surface area contributed by atoms with Crippen LogP contribution in [0.15, 0.2) is 83.5 Å². The van der Waals surface area contributed by atoms with Gasteiger partial charge >= 0.3 is 0 Å². The molecule has 3 aromatic carbocycles. The molecule has 386 valence electrons. The highest BCUT2D eigenvalue weighted by atomic mass is 79.9. The fraction of sp³-hybridized carbons (Fsp3) is 0.467. The fourth-order valence-electron chi connectivity index (χ4n) is 5.35. The Morgan fingerprint density at radius 2 is 1.01 bits per heavy atom. The number of ether oxygens (including phenoxy) is 3. The largest absolute Gasteiger partial charge is 0.366 e. The Balaban J connectivity index is 0.000000260. The van der Waals surface area contributed by atoms with E-state index in [9.17, 15) is 0 Å². The van der Waals surface area contributed by atoms with E-state index in [1.54, 1.807) is 21.1 Å². The van der Waals surface area contributed by atoms with Gasteiger partial charge in [-0.15, -0.1) is 15.3 Å². The summed E-state index contributed by atoms with van der Waals surface area (Å²) in [6.45, 7) is 24.2. The second kappa shape index (κ2) is 31.3. The average Bonchev–Trinajstić information content (AvgIpc) is 4.03. The van der Waals surface area contributed by atoms with Gasteiger partial charge < -0.3 is 14.2 Å². The van der Waals surface area contributed by atoms with Crippen LogP contribution in [-0.4, -0.2) is 114 Å². The lowest BCUT2D eigenvalue weighted by atomic mass is 10.2. The number of H-pyrrole nitrogens is 1. The third-order valence-electron chi connectivity index (χ3n) is 9.33. The van der Waals surface area contributed by atoms with E-state index in [1.165, 1.54) is 29.6 Å². The van der Waals surface area contributed by atoms with Crippen LogP contribution in [0.4, 0.5) is 0 Å². The summed E-state index contributed by atoms with van der Waals surface area (Å²) in [4.78, 5) is 13.4. The molecular weight excluding hydrogens is 1280 g/mol. The van der Waals surface area contributed by atoms with Gasteiger partial charge in [0.15, 0.2) is 22.6 Å². The Morgan fingerprint density at radius 3 is 1.44 bits per heavy atom. The average molecular weight is 1340 g/mol. The van der Waals surface area contributed by atoms with E-state index < -0.39 is 24.2 Å². The summed E-state index contributed by atoms with van der Waals surface area (Å²) in [6.07, 6.45) is 5.87. The minimum Gasteiger partial charge on any atom is -0.366 e. The quantitative estimate of drug-likeness (QED) is 0.0338. The predicted octanol–water partition coefficient (Wildman–Crippen LogP) is 16.9. The van der Waals surface area contributed by atoms with Gasteiger partial charge in [-0.05, 0) is 91.5 Å². The molecule has 0 amide bonds. The lowest BCUT2D eigenvalue weighted by Crippen LogP contribution is -2.22. The standard InChI is InChI=1S/2C15H21BrClN3OSSi.C9H7BrClN3S.C6H15ClOSi/c1-22-15-18-14(12-6-5-11(16)9-13(12)17)20(19-15)10-21-7-8-23(2,3)4;1-22-15-18-14(12-6-5-11(16)9-13(12)17)19-20(15)10-21-7-8-23(2,3)4;1-15-9-12-8(13-14-9)6-3-2-5(10)4-7(6)11;1-9(2,3)5-4-8-6-7/h2*5-6,9H,7-8,10H2,1-4H3;2-4H,1H3,(H,12,13,14);4-6H2,1-3H3. The number of thioether (sulfide) groups is 3. The first-order valence-electron chi connectivity index (χ1n) is 22.0. The molecule has 6 aromatic rings. The van der Waals surface area contributed by atoms with Gasteiger partial charge in [0, 0.05) is 74.2 Å². The van der Waals surface area contributed by atoms with Gasteiger partial charge in [0.25, 0.3) is 0 Å². The Labute approximate surface area is 475 Å². The van der Waals surface area contributed by atoms with E-state index in [1.807, 2.05) is 73.4 Å². The second-order valence-electron chi connectivity index (χ2n) is 18.9. The van der Waals surface area contributed by atoms with Crippen LogP contribution in [0.1, 0.15) is 0 Å². The number of hydrogen-bond acceptors (Lipinski definition) is 12. The summed E-state index contributed by atoms with van der Waals surface area (Å²) < 4.78 is 23.0. The van der Waals surface area contributed by atoms with Crippen LogP contribution >= 0.6 is 129 Å². The van der Waals surface area contributed by atoms with Crippen molar-refractivity contribution in [3.63, 3.8) is 0 Å². The van der Waals surface area contributed by atoms with Gasteiger partial charge in [-0.3, -0.25) is 5.10 Å². The Morgan fingerprint density at radius 1 is 0.557 bits per heavy atom. The zero-order chi connectivity index (χ0) is 52.2. The number of halogens is 7. The number of nitrogens with one attached hydrogen (secondary N) is 1. The molecule has 1 N–H and O–H groups in total. The van der Waals surface area contributed by atoms with Crippen LogP contribution in [0, 0.1) is 0 Å². The molecule has 0 aliphatic carbocycles. The molecule has 6 rings (SSSR count). The monoisotopic (exact) mass is 1330 g/mol.